The lowest BCUT2D eigenvalue weighted by molar-refractivity contribution is 0.0689. The van der Waals surface area contributed by atoms with Crippen LogP contribution in [0.4, 0.5) is 0 Å². The number of hydrogen-bond donors (Lipinski definition) is 1. The molecular formula is C19H23NO4. The van der Waals surface area contributed by atoms with Crippen LogP contribution in [0.3, 0.4) is 0 Å². The number of carboxylic acid groups (broad SMARTS) is 1. The molecule has 0 saturated heterocycles. The molecule has 5 heteroatoms. The third-order valence-electron chi connectivity index (χ3n) is 4.20. The van der Waals surface area contributed by atoms with Gasteiger partial charge in [-0.25, -0.2) is 4.79 Å². The molecule has 1 aromatic heterocycles. The van der Waals surface area contributed by atoms with Gasteiger partial charge in [-0.3, -0.25) is 4.79 Å². The predicted octanol–water partition coefficient (Wildman–Crippen LogP) is 3.55. The zero-order valence-electron chi connectivity index (χ0n) is 14.5. The number of carbonyl (C=O) groups is 2. The second-order valence-electron chi connectivity index (χ2n) is 6.06. The van der Waals surface area contributed by atoms with Gasteiger partial charge in [0.15, 0.2) is 5.76 Å². The number of benzene rings is 1. The summed E-state index contributed by atoms with van der Waals surface area (Å²) in [5.74, 6) is -0.991. The smallest absolute Gasteiger partial charge is 0.339 e. The van der Waals surface area contributed by atoms with Gasteiger partial charge in [-0.1, -0.05) is 36.8 Å². The van der Waals surface area contributed by atoms with Crippen LogP contribution in [0, 0.1) is 6.92 Å². The number of aryl methyl sites for hydroxylation is 2. The first-order valence-electron chi connectivity index (χ1n) is 8.02. The molecule has 1 aromatic carbocycles. The first kappa shape index (κ1) is 17.8. The van der Waals surface area contributed by atoms with E-state index in [2.05, 4.69) is 12.1 Å². The van der Waals surface area contributed by atoms with Gasteiger partial charge in [0, 0.05) is 25.6 Å². The Morgan fingerprint density at radius 3 is 2.38 bits per heavy atom. The molecule has 128 valence electrons. The van der Waals surface area contributed by atoms with Crippen LogP contribution in [0.2, 0.25) is 0 Å². The summed E-state index contributed by atoms with van der Waals surface area (Å²) in [4.78, 5) is 25.4. The molecule has 1 atom stereocenters. The molecule has 0 fully saturated rings. The average molecular weight is 329 g/mol. The standard InChI is InChI=1S/C19H23NO4/c1-5-16-15(19(22)23)11-17(24-16)18(21)20(4)13(3)10-14-8-6-12(2)7-9-14/h6-9,11,13H,5,10H2,1-4H3,(H,22,23). The highest BCUT2D eigenvalue weighted by atomic mass is 16.4. The number of likely N-dealkylation sites (N-methyl/N-ethyl adjacent to an activating group) is 1. The Morgan fingerprint density at radius 2 is 1.88 bits per heavy atom. The number of carboxylic acids is 1. The fourth-order valence-corrected chi connectivity index (χ4v) is 2.55. The van der Waals surface area contributed by atoms with Crippen LogP contribution < -0.4 is 0 Å². The van der Waals surface area contributed by atoms with Gasteiger partial charge in [-0.05, 0) is 25.8 Å². The molecule has 0 spiro atoms. The van der Waals surface area contributed by atoms with Crippen molar-refractivity contribution in [3.05, 3.63) is 58.5 Å². The van der Waals surface area contributed by atoms with Crippen molar-refractivity contribution in [2.45, 2.75) is 39.7 Å². The fourth-order valence-electron chi connectivity index (χ4n) is 2.55. The van der Waals surface area contributed by atoms with Gasteiger partial charge < -0.3 is 14.4 Å². The van der Waals surface area contributed by atoms with E-state index in [1.807, 2.05) is 26.0 Å². The number of carbonyl (C=O) groups excluding carboxylic acids is 1. The molecule has 0 aliphatic rings. The molecule has 2 aromatic rings. The highest BCUT2D eigenvalue weighted by Gasteiger charge is 2.24. The van der Waals surface area contributed by atoms with E-state index in [0.717, 1.165) is 12.0 Å². The Kier molecular flexibility index (Phi) is 5.44. The Bertz CT molecular complexity index is 730. The molecule has 0 aliphatic carbocycles. The molecule has 24 heavy (non-hydrogen) atoms. The summed E-state index contributed by atoms with van der Waals surface area (Å²) >= 11 is 0. The first-order valence-corrected chi connectivity index (χ1v) is 8.02. The van der Waals surface area contributed by atoms with Crippen LogP contribution in [0.15, 0.2) is 34.7 Å². The predicted molar refractivity (Wildman–Crippen MR) is 91.5 cm³/mol. The number of rotatable bonds is 6. The van der Waals surface area contributed by atoms with Crippen molar-refractivity contribution in [2.75, 3.05) is 7.05 Å². The number of nitrogens with zero attached hydrogens (tertiary/aromatic N) is 1. The van der Waals surface area contributed by atoms with E-state index in [1.165, 1.54) is 11.6 Å². The van der Waals surface area contributed by atoms with Crippen LogP contribution in [0.25, 0.3) is 0 Å². The van der Waals surface area contributed by atoms with Crippen LogP contribution >= 0.6 is 0 Å². The Morgan fingerprint density at radius 1 is 1.25 bits per heavy atom. The normalized spacial score (nSPS) is 12.0. The molecule has 2 rings (SSSR count). The minimum atomic E-state index is -1.08. The van der Waals surface area contributed by atoms with Crippen LogP contribution in [0.1, 0.15) is 51.6 Å². The van der Waals surface area contributed by atoms with Crippen molar-refractivity contribution in [1.82, 2.24) is 4.90 Å². The number of hydrogen-bond acceptors (Lipinski definition) is 3. The fraction of sp³-hybridized carbons (Fsp3) is 0.368. The lowest BCUT2D eigenvalue weighted by atomic mass is 10.0. The van der Waals surface area contributed by atoms with Crippen molar-refractivity contribution in [3.8, 4) is 0 Å². The summed E-state index contributed by atoms with van der Waals surface area (Å²) in [6, 6.07) is 9.47. The van der Waals surface area contributed by atoms with E-state index in [9.17, 15) is 14.7 Å². The van der Waals surface area contributed by atoms with Gasteiger partial charge in [0.2, 0.25) is 0 Å². The molecular weight excluding hydrogens is 306 g/mol. The number of amides is 1. The van der Waals surface area contributed by atoms with Crippen molar-refractivity contribution in [3.63, 3.8) is 0 Å². The molecule has 0 radical (unpaired) electrons. The summed E-state index contributed by atoms with van der Waals surface area (Å²) in [6.07, 6.45) is 1.15. The SMILES string of the molecule is CCc1oc(C(=O)N(C)C(C)Cc2ccc(C)cc2)cc1C(=O)O. The summed E-state index contributed by atoms with van der Waals surface area (Å²) in [5, 5.41) is 9.17. The first-order chi connectivity index (χ1) is 11.3. The molecule has 1 unspecified atom stereocenters. The number of furan rings is 1. The van der Waals surface area contributed by atoms with E-state index >= 15 is 0 Å². The zero-order valence-corrected chi connectivity index (χ0v) is 14.5. The van der Waals surface area contributed by atoms with E-state index in [-0.39, 0.29) is 23.3 Å². The van der Waals surface area contributed by atoms with Gasteiger partial charge in [0.05, 0.1) is 0 Å². The van der Waals surface area contributed by atoms with Crippen LogP contribution in [-0.2, 0) is 12.8 Å². The summed E-state index contributed by atoms with van der Waals surface area (Å²) in [5.41, 5.74) is 2.40. The largest absolute Gasteiger partial charge is 0.478 e. The third kappa shape index (κ3) is 3.85. The third-order valence-corrected chi connectivity index (χ3v) is 4.20. The highest BCUT2D eigenvalue weighted by Crippen LogP contribution is 2.19. The van der Waals surface area contributed by atoms with Crippen molar-refractivity contribution < 1.29 is 19.1 Å². The minimum Gasteiger partial charge on any atom is -0.478 e. The Hall–Kier alpha value is -2.56. The summed E-state index contributed by atoms with van der Waals surface area (Å²) < 4.78 is 5.45. The average Bonchev–Trinajstić information content (AvgIpc) is 3.00. The summed E-state index contributed by atoms with van der Waals surface area (Å²) in [6.45, 7) is 5.79. The second kappa shape index (κ2) is 7.34. The van der Waals surface area contributed by atoms with Crippen molar-refractivity contribution >= 4 is 11.9 Å². The molecule has 0 aliphatic heterocycles. The van der Waals surface area contributed by atoms with Crippen LogP contribution in [0.5, 0.6) is 0 Å². The molecule has 1 N–H and O–H groups in total. The minimum absolute atomic E-state index is 0.0383. The molecule has 1 amide bonds. The topological polar surface area (TPSA) is 70.8 Å². The van der Waals surface area contributed by atoms with Gasteiger partial charge in [-0.2, -0.15) is 0 Å². The lowest BCUT2D eigenvalue weighted by Gasteiger charge is -2.24. The zero-order chi connectivity index (χ0) is 17.9. The maximum atomic E-state index is 12.6. The molecule has 0 saturated carbocycles. The van der Waals surface area contributed by atoms with Gasteiger partial charge in [-0.15, -0.1) is 0 Å². The van der Waals surface area contributed by atoms with Gasteiger partial charge >= 0.3 is 5.97 Å². The lowest BCUT2D eigenvalue weighted by Crippen LogP contribution is -2.36. The van der Waals surface area contributed by atoms with Crippen LogP contribution in [-0.4, -0.2) is 35.0 Å². The van der Waals surface area contributed by atoms with E-state index in [1.54, 1.807) is 18.9 Å². The van der Waals surface area contributed by atoms with E-state index < -0.39 is 5.97 Å². The Balaban J connectivity index is 2.13. The van der Waals surface area contributed by atoms with Gasteiger partial charge in [0.25, 0.3) is 5.91 Å². The van der Waals surface area contributed by atoms with Crippen molar-refractivity contribution in [2.24, 2.45) is 0 Å². The molecule has 1 heterocycles. The maximum absolute atomic E-state index is 12.6. The monoisotopic (exact) mass is 329 g/mol. The van der Waals surface area contributed by atoms with E-state index in [0.29, 0.717) is 12.2 Å². The Labute approximate surface area is 141 Å². The maximum Gasteiger partial charge on any atom is 0.339 e. The molecule has 0 bridgehead atoms. The number of aromatic carboxylic acids is 1. The van der Waals surface area contributed by atoms with Crippen molar-refractivity contribution in [1.29, 1.82) is 0 Å². The van der Waals surface area contributed by atoms with E-state index in [4.69, 9.17) is 4.42 Å². The quantitative estimate of drug-likeness (QED) is 0.880. The molecule has 5 nitrogen and oxygen atoms in total. The van der Waals surface area contributed by atoms with Gasteiger partial charge in [0.1, 0.15) is 11.3 Å². The highest BCUT2D eigenvalue weighted by molar-refractivity contribution is 5.96. The summed E-state index contributed by atoms with van der Waals surface area (Å²) in [7, 11) is 1.70. The second-order valence-corrected chi connectivity index (χ2v) is 6.06.